The molecular weight excluding hydrogens is 166 g/mol. The number of rotatable bonds is 3. The van der Waals surface area contributed by atoms with Gasteiger partial charge in [0.1, 0.15) is 0 Å². The summed E-state index contributed by atoms with van der Waals surface area (Å²) in [6.45, 7) is 5.07. The van der Waals surface area contributed by atoms with Crippen molar-refractivity contribution in [2.75, 3.05) is 0 Å². The van der Waals surface area contributed by atoms with Gasteiger partial charge in [-0.15, -0.1) is 5.10 Å². The van der Waals surface area contributed by atoms with Crippen molar-refractivity contribution in [3.8, 4) is 0 Å². The third-order valence-electron chi connectivity index (χ3n) is 2.65. The van der Waals surface area contributed by atoms with Crippen LogP contribution in [0.25, 0.3) is 0 Å². The van der Waals surface area contributed by atoms with Crippen molar-refractivity contribution in [2.45, 2.75) is 32.9 Å². The van der Waals surface area contributed by atoms with Crippen LogP contribution in [-0.4, -0.2) is 20.2 Å². The Balaban J connectivity index is 2.06. The van der Waals surface area contributed by atoms with Gasteiger partial charge in [-0.25, -0.2) is 4.68 Å². The van der Waals surface area contributed by atoms with E-state index in [4.69, 9.17) is 5.73 Å². The Labute approximate surface area is 77.3 Å². The van der Waals surface area contributed by atoms with Crippen molar-refractivity contribution in [2.24, 2.45) is 17.6 Å². The van der Waals surface area contributed by atoms with Crippen LogP contribution < -0.4 is 5.73 Å². The zero-order valence-electron chi connectivity index (χ0n) is 8.01. The van der Waals surface area contributed by atoms with E-state index in [2.05, 4.69) is 22.4 Å². The number of hydrogen-bond acceptors (Lipinski definition) is 4. The lowest BCUT2D eigenvalue weighted by molar-refractivity contribution is 0.493. The fourth-order valence-corrected chi connectivity index (χ4v) is 1.54. The highest BCUT2D eigenvalue weighted by molar-refractivity contribution is 4.90. The number of tetrazole rings is 1. The molecule has 1 aromatic heterocycles. The molecule has 2 rings (SSSR count). The Bertz CT molecular complexity index is 292. The fraction of sp³-hybridized carbons (Fsp3) is 0.875. The second-order valence-corrected chi connectivity index (χ2v) is 3.98. The Morgan fingerprint density at radius 1 is 1.69 bits per heavy atom. The van der Waals surface area contributed by atoms with E-state index in [0.717, 1.165) is 24.2 Å². The monoisotopic (exact) mass is 181 g/mol. The van der Waals surface area contributed by atoms with Gasteiger partial charge in [-0.1, -0.05) is 6.92 Å². The molecule has 1 heterocycles. The zero-order chi connectivity index (χ0) is 9.42. The molecule has 2 N–H and O–H groups in total. The van der Waals surface area contributed by atoms with Crippen LogP contribution >= 0.6 is 0 Å². The maximum Gasteiger partial charge on any atom is 0.167 e. The second-order valence-electron chi connectivity index (χ2n) is 3.98. The fourth-order valence-electron chi connectivity index (χ4n) is 1.54. The molecule has 0 bridgehead atoms. The summed E-state index contributed by atoms with van der Waals surface area (Å²) in [5, 5.41) is 11.5. The topological polar surface area (TPSA) is 69.6 Å². The predicted molar refractivity (Wildman–Crippen MR) is 47.7 cm³/mol. The summed E-state index contributed by atoms with van der Waals surface area (Å²) >= 11 is 0. The Kier molecular flexibility index (Phi) is 2.03. The molecule has 1 aromatic rings. The quantitative estimate of drug-likeness (QED) is 0.730. The Morgan fingerprint density at radius 2 is 2.38 bits per heavy atom. The van der Waals surface area contributed by atoms with Crippen LogP contribution in [0.5, 0.6) is 0 Å². The first-order valence-electron chi connectivity index (χ1n) is 4.70. The van der Waals surface area contributed by atoms with E-state index in [0.29, 0.717) is 0 Å². The first kappa shape index (κ1) is 8.62. The van der Waals surface area contributed by atoms with Crippen LogP contribution in [-0.2, 0) is 6.54 Å². The second kappa shape index (κ2) is 3.06. The van der Waals surface area contributed by atoms with E-state index in [-0.39, 0.29) is 6.04 Å². The summed E-state index contributed by atoms with van der Waals surface area (Å²) in [6.07, 6.45) is 1.29. The summed E-state index contributed by atoms with van der Waals surface area (Å²) in [4.78, 5) is 0. The molecule has 5 heteroatoms. The highest BCUT2D eigenvalue weighted by Gasteiger charge is 2.33. The van der Waals surface area contributed by atoms with E-state index >= 15 is 0 Å². The van der Waals surface area contributed by atoms with Crippen LogP contribution in [0.3, 0.4) is 0 Å². The zero-order valence-corrected chi connectivity index (χ0v) is 8.01. The van der Waals surface area contributed by atoms with Gasteiger partial charge in [0.25, 0.3) is 0 Å². The SMILES string of the molecule is CC(N)c1nnnn1CC1CC1C. The molecule has 3 unspecified atom stereocenters. The number of aromatic nitrogens is 4. The van der Waals surface area contributed by atoms with Crippen molar-refractivity contribution < 1.29 is 0 Å². The maximum atomic E-state index is 5.73. The van der Waals surface area contributed by atoms with Crippen LogP contribution in [0.15, 0.2) is 0 Å². The van der Waals surface area contributed by atoms with E-state index in [1.165, 1.54) is 6.42 Å². The molecule has 72 valence electrons. The van der Waals surface area contributed by atoms with E-state index in [1.54, 1.807) is 0 Å². The van der Waals surface area contributed by atoms with Crippen molar-refractivity contribution in [1.82, 2.24) is 20.2 Å². The first-order chi connectivity index (χ1) is 6.18. The van der Waals surface area contributed by atoms with Crippen molar-refractivity contribution in [3.05, 3.63) is 5.82 Å². The highest BCUT2D eigenvalue weighted by Crippen LogP contribution is 2.38. The van der Waals surface area contributed by atoms with Gasteiger partial charge in [0, 0.05) is 6.54 Å². The molecule has 0 radical (unpaired) electrons. The molecule has 1 aliphatic rings. The van der Waals surface area contributed by atoms with E-state index in [9.17, 15) is 0 Å². The average Bonchev–Trinajstić information content (AvgIpc) is 2.62. The van der Waals surface area contributed by atoms with Gasteiger partial charge in [-0.05, 0) is 35.6 Å². The molecule has 5 nitrogen and oxygen atoms in total. The molecule has 0 saturated heterocycles. The highest BCUT2D eigenvalue weighted by atomic mass is 15.5. The predicted octanol–water partition coefficient (Wildman–Crippen LogP) is 0.349. The van der Waals surface area contributed by atoms with Crippen LogP contribution in [0.2, 0.25) is 0 Å². The normalized spacial score (nSPS) is 28.8. The molecule has 1 fully saturated rings. The molecule has 3 atom stereocenters. The molecule has 0 aliphatic heterocycles. The number of nitrogens with zero attached hydrogens (tertiary/aromatic N) is 4. The summed E-state index contributed by atoms with van der Waals surface area (Å²) in [7, 11) is 0. The van der Waals surface area contributed by atoms with Gasteiger partial charge < -0.3 is 5.73 Å². The molecular formula is C8H15N5. The molecule has 1 aliphatic carbocycles. The van der Waals surface area contributed by atoms with Crippen LogP contribution in [0.4, 0.5) is 0 Å². The number of hydrogen-bond donors (Lipinski definition) is 1. The standard InChI is InChI=1S/C8H15N5/c1-5-3-7(5)4-13-8(6(2)9)10-11-12-13/h5-7H,3-4,9H2,1-2H3. The van der Waals surface area contributed by atoms with Crippen molar-refractivity contribution in [3.63, 3.8) is 0 Å². The molecule has 1 saturated carbocycles. The molecule has 0 amide bonds. The third-order valence-corrected chi connectivity index (χ3v) is 2.65. The largest absolute Gasteiger partial charge is 0.322 e. The van der Waals surface area contributed by atoms with Gasteiger partial charge in [0.05, 0.1) is 6.04 Å². The molecule has 0 aromatic carbocycles. The Hall–Kier alpha value is -0.970. The van der Waals surface area contributed by atoms with Gasteiger partial charge in [-0.3, -0.25) is 0 Å². The van der Waals surface area contributed by atoms with Gasteiger partial charge in [-0.2, -0.15) is 0 Å². The minimum Gasteiger partial charge on any atom is -0.322 e. The molecule has 13 heavy (non-hydrogen) atoms. The summed E-state index contributed by atoms with van der Waals surface area (Å²) < 4.78 is 1.83. The summed E-state index contributed by atoms with van der Waals surface area (Å²) in [5.41, 5.74) is 5.73. The minimum absolute atomic E-state index is 0.0796. The van der Waals surface area contributed by atoms with Gasteiger partial charge in [0.15, 0.2) is 5.82 Å². The van der Waals surface area contributed by atoms with Gasteiger partial charge >= 0.3 is 0 Å². The maximum absolute atomic E-state index is 5.73. The van der Waals surface area contributed by atoms with E-state index in [1.807, 2.05) is 11.6 Å². The Morgan fingerprint density at radius 3 is 2.92 bits per heavy atom. The lowest BCUT2D eigenvalue weighted by Crippen LogP contribution is -2.15. The van der Waals surface area contributed by atoms with Crippen molar-refractivity contribution in [1.29, 1.82) is 0 Å². The van der Waals surface area contributed by atoms with Crippen LogP contribution in [0, 0.1) is 11.8 Å². The van der Waals surface area contributed by atoms with Crippen LogP contribution in [0.1, 0.15) is 32.1 Å². The lowest BCUT2D eigenvalue weighted by atomic mass is 10.3. The average molecular weight is 181 g/mol. The third kappa shape index (κ3) is 1.70. The summed E-state index contributed by atoms with van der Waals surface area (Å²) in [5.74, 6) is 2.37. The van der Waals surface area contributed by atoms with E-state index < -0.39 is 0 Å². The first-order valence-corrected chi connectivity index (χ1v) is 4.70. The molecule has 0 spiro atoms. The summed E-state index contributed by atoms with van der Waals surface area (Å²) in [6, 6.07) is -0.0796. The van der Waals surface area contributed by atoms with Crippen molar-refractivity contribution >= 4 is 0 Å². The smallest absolute Gasteiger partial charge is 0.167 e. The lowest BCUT2D eigenvalue weighted by Gasteiger charge is -2.05. The number of nitrogens with two attached hydrogens (primary N) is 1. The van der Waals surface area contributed by atoms with Gasteiger partial charge in [0.2, 0.25) is 0 Å². The minimum atomic E-state index is -0.0796.